The minimum atomic E-state index is -0.839. The topological polar surface area (TPSA) is 69.6 Å². The van der Waals surface area contributed by atoms with Gasteiger partial charge >= 0.3 is 6.03 Å². The highest BCUT2D eigenvalue weighted by Crippen LogP contribution is 2.28. The third kappa shape index (κ3) is 1.69. The number of aliphatic hydroxyl groups excluding tert-OH is 1. The molecule has 2 fully saturated rings. The van der Waals surface area contributed by atoms with E-state index in [4.69, 9.17) is 0 Å². The highest BCUT2D eigenvalue weighted by atomic mass is 16.3. The van der Waals surface area contributed by atoms with Crippen molar-refractivity contribution in [3.63, 3.8) is 0 Å². The zero-order chi connectivity index (χ0) is 11.9. The molecule has 2 aliphatic rings. The molecular formula is C11H18N2O3. The van der Waals surface area contributed by atoms with Gasteiger partial charge in [-0.3, -0.25) is 9.69 Å². The van der Waals surface area contributed by atoms with Gasteiger partial charge in [-0.2, -0.15) is 0 Å². The number of nitrogens with one attached hydrogen (secondary N) is 1. The first-order valence-electron chi connectivity index (χ1n) is 5.77. The summed E-state index contributed by atoms with van der Waals surface area (Å²) in [5.41, 5.74) is -0.839. The van der Waals surface area contributed by atoms with E-state index in [1.54, 1.807) is 13.8 Å². The fourth-order valence-electron chi connectivity index (χ4n) is 2.47. The Labute approximate surface area is 94.8 Å². The zero-order valence-corrected chi connectivity index (χ0v) is 9.69. The van der Waals surface area contributed by atoms with E-state index in [0.717, 1.165) is 12.8 Å². The first-order valence-corrected chi connectivity index (χ1v) is 5.77. The summed E-state index contributed by atoms with van der Waals surface area (Å²) in [5.74, 6) is -0.233. The molecule has 2 N–H and O–H groups in total. The first kappa shape index (κ1) is 11.4. The maximum absolute atomic E-state index is 12.0. The third-order valence-corrected chi connectivity index (χ3v) is 3.42. The van der Waals surface area contributed by atoms with E-state index < -0.39 is 11.6 Å². The maximum atomic E-state index is 12.0. The van der Waals surface area contributed by atoms with E-state index >= 15 is 0 Å². The number of rotatable bonds is 1. The molecule has 2 rings (SSSR count). The van der Waals surface area contributed by atoms with E-state index in [2.05, 4.69) is 5.32 Å². The van der Waals surface area contributed by atoms with E-state index in [-0.39, 0.29) is 18.0 Å². The van der Waals surface area contributed by atoms with Crippen LogP contribution in [0.2, 0.25) is 0 Å². The van der Waals surface area contributed by atoms with E-state index in [9.17, 15) is 14.7 Å². The molecule has 1 aliphatic heterocycles. The summed E-state index contributed by atoms with van der Waals surface area (Å²) in [6.07, 6.45) is 2.72. The number of hydrogen-bond donors (Lipinski definition) is 2. The normalized spacial score (nSPS) is 34.1. The number of nitrogens with zero attached hydrogens (tertiary/aromatic N) is 1. The highest BCUT2D eigenvalue weighted by molar-refractivity contribution is 6.06. The van der Waals surface area contributed by atoms with Crippen molar-refractivity contribution < 1.29 is 14.7 Å². The average molecular weight is 226 g/mol. The molecule has 1 saturated carbocycles. The van der Waals surface area contributed by atoms with Gasteiger partial charge in [-0.05, 0) is 26.7 Å². The van der Waals surface area contributed by atoms with Crippen LogP contribution in [0.3, 0.4) is 0 Å². The molecule has 1 saturated heterocycles. The molecule has 16 heavy (non-hydrogen) atoms. The molecule has 0 aromatic carbocycles. The number of imide groups is 1. The van der Waals surface area contributed by atoms with Crippen LogP contribution in [0.1, 0.15) is 39.5 Å². The lowest BCUT2D eigenvalue weighted by atomic mass is 9.91. The minimum absolute atomic E-state index is 0.233. The van der Waals surface area contributed by atoms with Crippen LogP contribution in [0, 0.1) is 0 Å². The van der Waals surface area contributed by atoms with Crippen LogP contribution in [-0.2, 0) is 4.79 Å². The Morgan fingerprint density at radius 1 is 1.31 bits per heavy atom. The fraction of sp³-hybridized carbons (Fsp3) is 0.818. The Balaban J connectivity index is 2.20. The van der Waals surface area contributed by atoms with Gasteiger partial charge in [0.1, 0.15) is 5.54 Å². The monoisotopic (exact) mass is 226 g/mol. The summed E-state index contributed by atoms with van der Waals surface area (Å²) in [5, 5.41) is 12.5. The molecule has 0 radical (unpaired) electrons. The largest absolute Gasteiger partial charge is 0.391 e. The van der Waals surface area contributed by atoms with Crippen LogP contribution >= 0.6 is 0 Å². The summed E-state index contributed by atoms with van der Waals surface area (Å²) in [7, 11) is 0. The lowest BCUT2D eigenvalue weighted by Gasteiger charge is -2.33. The smallest absolute Gasteiger partial charge is 0.325 e. The Morgan fingerprint density at radius 2 is 1.94 bits per heavy atom. The van der Waals surface area contributed by atoms with Crippen LogP contribution in [0.4, 0.5) is 4.79 Å². The van der Waals surface area contributed by atoms with Crippen LogP contribution in [-0.4, -0.2) is 39.6 Å². The Bertz CT molecular complexity index is 327. The molecule has 3 amide bonds. The minimum Gasteiger partial charge on any atom is -0.391 e. The predicted octanol–water partition coefficient (Wildman–Crippen LogP) is 0.620. The maximum Gasteiger partial charge on any atom is 0.325 e. The van der Waals surface area contributed by atoms with Gasteiger partial charge in [-0.1, -0.05) is 12.8 Å². The van der Waals surface area contributed by atoms with Crippen LogP contribution in [0.25, 0.3) is 0 Å². The molecule has 2 unspecified atom stereocenters. The molecule has 5 heteroatoms. The molecule has 0 aromatic heterocycles. The van der Waals surface area contributed by atoms with E-state index in [1.807, 2.05) is 0 Å². The Kier molecular flexibility index (Phi) is 2.66. The van der Waals surface area contributed by atoms with Crippen LogP contribution in [0.15, 0.2) is 0 Å². The van der Waals surface area contributed by atoms with Crippen molar-refractivity contribution in [2.24, 2.45) is 0 Å². The number of carbonyl (C=O) groups excluding carboxylic acids is 2. The first-order chi connectivity index (χ1) is 7.43. The Morgan fingerprint density at radius 3 is 2.44 bits per heavy atom. The lowest BCUT2D eigenvalue weighted by molar-refractivity contribution is -0.134. The third-order valence-electron chi connectivity index (χ3n) is 3.42. The van der Waals surface area contributed by atoms with Crippen LogP contribution < -0.4 is 5.32 Å². The van der Waals surface area contributed by atoms with Gasteiger partial charge in [0.15, 0.2) is 0 Å². The second kappa shape index (κ2) is 3.73. The highest BCUT2D eigenvalue weighted by Gasteiger charge is 2.49. The van der Waals surface area contributed by atoms with E-state index in [1.165, 1.54) is 4.90 Å². The molecule has 1 heterocycles. The predicted molar refractivity (Wildman–Crippen MR) is 57.7 cm³/mol. The van der Waals surface area contributed by atoms with Gasteiger partial charge in [0.25, 0.3) is 5.91 Å². The van der Waals surface area contributed by atoms with E-state index in [0.29, 0.717) is 12.8 Å². The number of urea groups is 1. The summed E-state index contributed by atoms with van der Waals surface area (Å²) < 4.78 is 0. The van der Waals surface area contributed by atoms with Gasteiger partial charge in [0, 0.05) is 0 Å². The number of amides is 3. The van der Waals surface area contributed by atoms with Crippen molar-refractivity contribution in [3.05, 3.63) is 0 Å². The van der Waals surface area contributed by atoms with Crippen molar-refractivity contribution in [2.45, 2.75) is 57.2 Å². The quantitative estimate of drug-likeness (QED) is 0.644. The number of hydrogen-bond acceptors (Lipinski definition) is 3. The van der Waals surface area contributed by atoms with Crippen molar-refractivity contribution in [2.75, 3.05) is 0 Å². The molecule has 90 valence electrons. The Hall–Kier alpha value is -1.10. The second-order valence-corrected chi connectivity index (χ2v) is 5.15. The van der Waals surface area contributed by atoms with Crippen LogP contribution in [0.5, 0.6) is 0 Å². The fourth-order valence-corrected chi connectivity index (χ4v) is 2.47. The molecule has 0 aromatic rings. The molecule has 5 nitrogen and oxygen atoms in total. The SMILES string of the molecule is CC1(C)NC(=O)N(C2CCCCC2O)C1=O. The molecule has 1 aliphatic carbocycles. The summed E-state index contributed by atoms with van der Waals surface area (Å²) >= 11 is 0. The van der Waals surface area contributed by atoms with Gasteiger partial charge < -0.3 is 10.4 Å². The zero-order valence-electron chi connectivity index (χ0n) is 9.69. The van der Waals surface area contributed by atoms with Crippen molar-refractivity contribution in [3.8, 4) is 0 Å². The molecular weight excluding hydrogens is 208 g/mol. The van der Waals surface area contributed by atoms with Crippen molar-refractivity contribution >= 4 is 11.9 Å². The van der Waals surface area contributed by atoms with Gasteiger partial charge in [-0.15, -0.1) is 0 Å². The summed E-state index contributed by atoms with van der Waals surface area (Å²) in [6.45, 7) is 3.37. The van der Waals surface area contributed by atoms with Crippen molar-refractivity contribution in [1.82, 2.24) is 10.2 Å². The van der Waals surface area contributed by atoms with Gasteiger partial charge in [0.2, 0.25) is 0 Å². The molecule has 2 atom stereocenters. The number of carbonyl (C=O) groups is 2. The lowest BCUT2D eigenvalue weighted by Crippen LogP contribution is -2.49. The number of aliphatic hydroxyl groups is 1. The molecule has 0 bridgehead atoms. The van der Waals surface area contributed by atoms with Gasteiger partial charge in [-0.25, -0.2) is 4.79 Å². The standard InChI is InChI=1S/C11H18N2O3/c1-11(2)9(15)13(10(16)12-11)7-5-3-4-6-8(7)14/h7-8,14H,3-6H2,1-2H3,(H,12,16). The summed E-state index contributed by atoms with van der Waals surface area (Å²) in [4.78, 5) is 25.0. The van der Waals surface area contributed by atoms with Crippen molar-refractivity contribution in [1.29, 1.82) is 0 Å². The average Bonchev–Trinajstić information content (AvgIpc) is 2.39. The second-order valence-electron chi connectivity index (χ2n) is 5.15. The molecule has 0 spiro atoms. The van der Waals surface area contributed by atoms with Gasteiger partial charge in [0.05, 0.1) is 12.1 Å². The summed E-state index contributed by atoms with van der Waals surface area (Å²) in [6, 6.07) is -0.719.